The molecule has 2 aromatic rings. The van der Waals surface area contributed by atoms with Crippen molar-refractivity contribution in [3.8, 4) is 0 Å². The summed E-state index contributed by atoms with van der Waals surface area (Å²) >= 11 is 13.9. The first-order chi connectivity index (χ1) is 9.99. The Morgan fingerprint density at radius 1 is 1.38 bits per heavy atom. The first-order valence-electron chi connectivity index (χ1n) is 6.76. The Balaban J connectivity index is 1.90. The lowest BCUT2D eigenvalue weighted by molar-refractivity contribution is 0.313. The lowest BCUT2D eigenvalue weighted by atomic mass is 10.0. The third kappa shape index (κ3) is 4.41. The van der Waals surface area contributed by atoms with E-state index in [9.17, 15) is 0 Å². The molecular weight excluding hydrogens is 325 g/mol. The number of thiazole rings is 1. The SMILES string of the molecule is Cc1ncsc1CN(C)CCC(N)c1cccc(Cl)c1Cl. The van der Waals surface area contributed by atoms with Crippen molar-refractivity contribution >= 4 is 34.5 Å². The molecule has 0 radical (unpaired) electrons. The number of hydrogen-bond donors (Lipinski definition) is 1. The molecule has 0 aliphatic rings. The Kier molecular flexibility index (Phi) is 6.02. The molecule has 2 rings (SSSR count). The summed E-state index contributed by atoms with van der Waals surface area (Å²) in [4.78, 5) is 7.82. The van der Waals surface area contributed by atoms with E-state index < -0.39 is 0 Å². The Labute approximate surface area is 139 Å². The number of nitrogens with zero attached hydrogens (tertiary/aromatic N) is 2. The molecule has 0 saturated carbocycles. The maximum absolute atomic E-state index is 6.24. The minimum absolute atomic E-state index is 0.110. The molecule has 1 heterocycles. The maximum Gasteiger partial charge on any atom is 0.0798 e. The van der Waals surface area contributed by atoms with Gasteiger partial charge in [0.05, 0.1) is 21.2 Å². The number of halogens is 2. The van der Waals surface area contributed by atoms with Crippen molar-refractivity contribution in [2.24, 2.45) is 5.73 Å². The van der Waals surface area contributed by atoms with Gasteiger partial charge < -0.3 is 10.6 Å². The molecular formula is C15H19Cl2N3S. The number of aryl methyl sites for hydroxylation is 1. The highest BCUT2D eigenvalue weighted by molar-refractivity contribution is 7.09. The van der Waals surface area contributed by atoms with Gasteiger partial charge in [0, 0.05) is 24.0 Å². The van der Waals surface area contributed by atoms with Crippen LogP contribution in [0.2, 0.25) is 10.0 Å². The van der Waals surface area contributed by atoms with Gasteiger partial charge in [0.25, 0.3) is 0 Å². The van der Waals surface area contributed by atoms with Gasteiger partial charge in [-0.2, -0.15) is 0 Å². The molecule has 0 saturated heterocycles. The topological polar surface area (TPSA) is 42.2 Å². The van der Waals surface area contributed by atoms with Gasteiger partial charge in [-0.1, -0.05) is 35.3 Å². The molecule has 2 N–H and O–H groups in total. The lowest BCUT2D eigenvalue weighted by Gasteiger charge is -2.20. The number of hydrogen-bond acceptors (Lipinski definition) is 4. The predicted octanol–water partition coefficient (Wildman–Crippen LogP) is 4.28. The second-order valence-corrected chi connectivity index (χ2v) is 6.86. The van der Waals surface area contributed by atoms with Gasteiger partial charge in [0.1, 0.15) is 0 Å². The molecule has 21 heavy (non-hydrogen) atoms. The molecule has 114 valence electrons. The molecule has 0 spiro atoms. The van der Waals surface area contributed by atoms with Crippen LogP contribution in [-0.2, 0) is 6.54 Å². The lowest BCUT2D eigenvalue weighted by Crippen LogP contribution is -2.23. The predicted molar refractivity (Wildman–Crippen MR) is 91.2 cm³/mol. The van der Waals surface area contributed by atoms with Crippen LogP contribution in [0.1, 0.15) is 28.6 Å². The highest BCUT2D eigenvalue weighted by atomic mass is 35.5. The summed E-state index contributed by atoms with van der Waals surface area (Å²) in [5.74, 6) is 0. The number of rotatable bonds is 6. The van der Waals surface area contributed by atoms with E-state index in [1.165, 1.54) is 4.88 Å². The van der Waals surface area contributed by atoms with Crippen LogP contribution in [0, 0.1) is 6.92 Å². The van der Waals surface area contributed by atoms with E-state index in [-0.39, 0.29) is 6.04 Å². The minimum atomic E-state index is -0.110. The van der Waals surface area contributed by atoms with Crippen LogP contribution in [0.3, 0.4) is 0 Å². The summed E-state index contributed by atoms with van der Waals surface area (Å²) in [6, 6.07) is 5.49. The van der Waals surface area contributed by atoms with Crippen LogP contribution in [0.4, 0.5) is 0 Å². The summed E-state index contributed by atoms with van der Waals surface area (Å²) in [6.45, 7) is 3.82. The van der Waals surface area contributed by atoms with Gasteiger partial charge in [-0.3, -0.25) is 0 Å². The Morgan fingerprint density at radius 3 is 2.81 bits per heavy atom. The first kappa shape index (κ1) is 16.7. The van der Waals surface area contributed by atoms with E-state index in [2.05, 4.69) is 16.9 Å². The average Bonchev–Trinajstić information content (AvgIpc) is 2.84. The van der Waals surface area contributed by atoms with Crippen LogP contribution in [0.25, 0.3) is 0 Å². The Morgan fingerprint density at radius 2 is 2.14 bits per heavy atom. The molecule has 0 bridgehead atoms. The van der Waals surface area contributed by atoms with E-state index in [4.69, 9.17) is 28.9 Å². The smallest absolute Gasteiger partial charge is 0.0798 e. The van der Waals surface area contributed by atoms with Crippen molar-refractivity contribution in [2.75, 3.05) is 13.6 Å². The standard InChI is InChI=1S/C15H19Cl2N3S/c1-10-14(21-9-19-10)8-20(2)7-6-13(18)11-4-3-5-12(16)15(11)17/h3-5,9,13H,6-8,18H2,1-2H3. The van der Waals surface area contributed by atoms with Gasteiger partial charge in [0.2, 0.25) is 0 Å². The third-order valence-electron chi connectivity index (χ3n) is 3.46. The van der Waals surface area contributed by atoms with Crippen molar-refractivity contribution in [1.82, 2.24) is 9.88 Å². The van der Waals surface area contributed by atoms with E-state index in [0.717, 1.165) is 30.8 Å². The van der Waals surface area contributed by atoms with Gasteiger partial charge in [-0.05, 0) is 32.0 Å². The molecule has 6 heteroatoms. The highest BCUT2D eigenvalue weighted by Crippen LogP contribution is 2.30. The molecule has 0 aliphatic heterocycles. The maximum atomic E-state index is 6.24. The average molecular weight is 344 g/mol. The zero-order valence-corrected chi connectivity index (χ0v) is 14.5. The van der Waals surface area contributed by atoms with Crippen LogP contribution in [0.5, 0.6) is 0 Å². The van der Waals surface area contributed by atoms with Gasteiger partial charge in [-0.25, -0.2) is 4.98 Å². The van der Waals surface area contributed by atoms with Gasteiger partial charge in [0.15, 0.2) is 0 Å². The van der Waals surface area contributed by atoms with Crippen LogP contribution < -0.4 is 5.73 Å². The molecule has 1 atom stereocenters. The molecule has 0 aliphatic carbocycles. The first-order valence-corrected chi connectivity index (χ1v) is 8.39. The molecule has 1 aromatic heterocycles. The van der Waals surface area contributed by atoms with Crippen LogP contribution in [-0.4, -0.2) is 23.5 Å². The van der Waals surface area contributed by atoms with Crippen molar-refractivity contribution < 1.29 is 0 Å². The zero-order chi connectivity index (χ0) is 15.4. The fraction of sp³-hybridized carbons (Fsp3) is 0.400. The molecule has 1 unspecified atom stereocenters. The van der Waals surface area contributed by atoms with Crippen molar-refractivity contribution in [1.29, 1.82) is 0 Å². The van der Waals surface area contributed by atoms with Crippen LogP contribution in [0.15, 0.2) is 23.7 Å². The fourth-order valence-corrected chi connectivity index (χ4v) is 3.43. The summed E-state index contributed by atoms with van der Waals surface area (Å²) in [5.41, 5.74) is 10.1. The van der Waals surface area contributed by atoms with E-state index >= 15 is 0 Å². The van der Waals surface area contributed by atoms with Crippen molar-refractivity contribution in [3.63, 3.8) is 0 Å². The van der Waals surface area contributed by atoms with E-state index in [1.807, 2.05) is 24.6 Å². The summed E-state index contributed by atoms with van der Waals surface area (Å²) in [5, 5.41) is 1.12. The molecule has 1 aromatic carbocycles. The molecule has 0 fully saturated rings. The van der Waals surface area contributed by atoms with Gasteiger partial charge in [-0.15, -0.1) is 11.3 Å². The summed E-state index contributed by atoms with van der Waals surface area (Å²) < 4.78 is 0. The number of benzene rings is 1. The third-order valence-corrected chi connectivity index (χ3v) is 5.21. The normalized spacial score (nSPS) is 12.9. The second-order valence-electron chi connectivity index (χ2n) is 5.14. The quantitative estimate of drug-likeness (QED) is 0.850. The monoisotopic (exact) mass is 343 g/mol. The second kappa shape index (κ2) is 7.56. The zero-order valence-electron chi connectivity index (χ0n) is 12.1. The summed E-state index contributed by atoms with van der Waals surface area (Å²) in [7, 11) is 2.09. The van der Waals surface area contributed by atoms with E-state index in [1.54, 1.807) is 17.4 Å². The van der Waals surface area contributed by atoms with Gasteiger partial charge >= 0.3 is 0 Å². The molecule has 0 amide bonds. The molecule has 3 nitrogen and oxygen atoms in total. The van der Waals surface area contributed by atoms with Crippen LogP contribution >= 0.6 is 34.5 Å². The fourth-order valence-electron chi connectivity index (χ4n) is 2.12. The Bertz CT molecular complexity index is 600. The minimum Gasteiger partial charge on any atom is -0.324 e. The largest absolute Gasteiger partial charge is 0.324 e. The Hall–Kier alpha value is -0.650. The number of aromatic nitrogens is 1. The van der Waals surface area contributed by atoms with Crippen molar-refractivity contribution in [3.05, 3.63) is 49.9 Å². The summed E-state index contributed by atoms with van der Waals surface area (Å²) in [6.07, 6.45) is 0.828. The van der Waals surface area contributed by atoms with Crippen molar-refractivity contribution in [2.45, 2.75) is 25.9 Å². The van der Waals surface area contributed by atoms with E-state index in [0.29, 0.717) is 10.0 Å². The number of nitrogens with two attached hydrogens (primary N) is 1. The highest BCUT2D eigenvalue weighted by Gasteiger charge is 2.13.